The molecule has 0 aliphatic carbocycles. The van der Waals surface area contributed by atoms with Crippen LogP contribution in [0.1, 0.15) is 16.7 Å². The molecule has 26 heavy (non-hydrogen) atoms. The molecule has 0 bridgehead atoms. The zero-order valence-corrected chi connectivity index (χ0v) is 15.0. The van der Waals surface area contributed by atoms with Gasteiger partial charge in [-0.1, -0.05) is 18.2 Å². The number of hydrogen-bond acceptors (Lipinski definition) is 3. The maximum atomic E-state index is 12.1. The number of rotatable bonds is 8. The van der Waals surface area contributed by atoms with E-state index in [4.69, 9.17) is 10.5 Å². The highest BCUT2D eigenvalue weighted by Gasteiger charge is 2.06. The first-order chi connectivity index (χ1) is 12.7. The molecule has 1 amide bonds. The molecule has 2 aromatic carbocycles. The summed E-state index contributed by atoms with van der Waals surface area (Å²) in [5.41, 5.74) is 10.2. The van der Waals surface area contributed by atoms with Crippen LogP contribution in [0.15, 0.2) is 48.7 Å². The fourth-order valence-electron chi connectivity index (χ4n) is 3.08. The number of amides is 1. The number of aromatic nitrogens is 1. The molecule has 0 saturated heterocycles. The zero-order chi connectivity index (χ0) is 18.4. The van der Waals surface area contributed by atoms with Gasteiger partial charge in [-0.25, -0.2) is 0 Å². The summed E-state index contributed by atoms with van der Waals surface area (Å²) in [6.45, 7) is 1.26. The van der Waals surface area contributed by atoms with Gasteiger partial charge < -0.3 is 20.8 Å². The second-order valence-electron chi connectivity index (χ2n) is 6.36. The van der Waals surface area contributed by atoms with Gasteiger partial charge in [0.05, 0.1) is 13.5 Å². The minimum absolute atomic E-state index is 0.0294. The summed E-state index contributed by atoms with van der Waals surface area (Å²) in [7, 11) is 1.63. The fraction of sp³-hybridized carbons (Fsp3) is 0.286. The standard InChI is InChI=1S/C21H25N3O2/c1-26-18-5-2-15(3-6-18)13-21(25)23-11-9-16-4-7-20-19(12-16)17(8-10-22)14-24-20/h2-7,12,14,24H,8-11,13,22H2,1H3,(H,23,25). The smallest absolute Gasteiger partial charge is 0.224 e. The first-order valence-electron chi connectivity index (χ1n) is 8.88. The van der Waals surface area contributed by atoms with Crippen molar-refractivity contribution in [2.45, 2.75) is 19.3 Å². The Morgan fingerprint density at radius 3 is 2.62 bits per heavy atom. The van der Waals surface area contributed by atoms with Crippen LogP contribution in [0.25, 0.3) is 10.9 Å². The van der Waals surface area contributed by atoms with E-state index in [0.717, 1.165) is 29.7 Å². The van der Waals surface area contributed by atoms with Gasteiger partial charge in [0.15, 0.2) is 0 Å². The summed E-state index contributed by atoms with van der Waals surface area (Å²) >= 11 is 0. The lowest BCUT2D eigenvalue weighted by atomic mass is 10.1. The molecular weight excluding hydrogens is 326 g/mol. The molecule has 0 unspecified atom stereocenters. The lowest BCUT2D eigenvalue weighted by Crippen LogP contribution is -2.27. The third-order valence-electron chi connectivity index (χ3n) is 4.51. The van der Waals surface area contributed by atoms with E-state index in [1.165, 1.54) is 16.5 Å². The highest BCUT2D eigenvalue weighted by atomic mass is 16.5. The summed E-state index contributed by atoms with van der Waals surface area (Å²) in [6.07, 6.45) is 4.07. The average molecular weight is 351 g/mol. The maximum Gasteiger partial charge on any atom is 0.224 e. The molecule has 0 radical (unpaired) electrons. The lowest BCUT2D eigenvalue weighted by Gasteiger charge is -2.07. The van der Waals surface area contributed by atoms with Crippen LogP contribution in [-0.2, 0) is 24.1 Å². The number of carbonyl (C=O) groups excluding carboxylic acids is 1. The van der Waals surface area contributed by atoms with Crippen molar-refractivity contribution in [3.63, 3.8) is 0 Å². The van der Waals surface area contributed by atoms with Crippen molar-refractivity contribution in [1.29, 1.82) is 0 Å². The second kappa shape index (κ2) is 8.54. The third kappa shape index (κ3) is 4.43. The quantitative estimate of drug-likeness (QED) is 0.583. The Morgan fingerprint density at radius 2 is 1.88 bits per heavy atom. The Kier molecular flexibility index (Phi) is 5.92. The Bertz CT molecular complexity index is 869. The molecule has 0 spiro atoms. The van der Waals surface area contributed by atoms with E-state index in [1.54, 1.807) is 7.11 Å². The molecule has 3 rings (SSSR count). The van der Waals surface area contributed by atoms with Gasteiger partial charge in [0.25, 0.3) is 0 Å². The molecule has 0 atom stereocenters. The highest BCUT2D eigenvalue weighted by Crippen LogP contribution is 2.20. The third-order valence-corrected chi connectivity index (χ3v) is 4.51. The molecule has 1 heterocycles. The Balaban J connectivity index is 1.52. The number of nitrogens with two attached hydrogens (primary N) is 1. The molecule has 0 aliphatic heterocycles. The van der Waals surface area contributed by atoms with Crippen molar-refractivity contribution in [2.24, 2.45) is 5.73 Å². The molecule has 4 N–H and O–H groups in total. The van der Waals surface area contributed by atoms with Crippen molar-refractivity contribution in [3.05, 3.63) is 65.4 Å². The average Bonchev–Trinajstić information content (AvgIpc) is 3.05. The maximum absolute atomic E-state index is 12.1. The predicted molar refractivity (Wildman–Crippen MR) is 104 cm³/mol. The van der Waals surface area contributed by atoms with E-state index in [2.05, 4.69) is 28.5 Å². The molecule has 136 valence electrons. The summed E-state index contributed by atoms with van der Waals surface area (Å²) in [5.74, 6) is 0.824. The number of H-pyrrole nitrogens is 1. The normalized spacial score (nSPS) is 10.8. The van der Waals surface area contributed by atoms with E-state index >= 15 is 0 Å². The van der Waals surface area contributed by atoms with E-state index in [1.807, 2.05) is 30.5 Å². The topological polar surface area (TPSA) is 80.1 Å². The highest BCUT2D eigenvalue weighted by molar-refractivity contribution is 5.84. The van der Waals surface area contributed by atoms with Crippen molar-refractivity contribution in [3.8, 4) is 5.75 Å². The summed E-state index contributed by atoms with van der Waals surface area (Å²) in [6, 6.07) is 13.9. The zero-order valence-electron chi connectivity index (χ0n) is 15.0. The number of fused-ring (bicyclic) bond motifs is 1. The fourth-order valence-corrected chi connectivity index (χ4v) is 3.08. The summed E-state index contributed by atoms with van der Waals surface area (Å²) < 4.78 is 5.13. The number of ether oxygens (including phenoxy) is 1. The SMILES string of the molecule is COc1ccc(CC(=O)NCCc2ccc3[nH]cc(CCN)c3c2)cc1. The number of carbonyl (C=O) groups is 1. The van der Waals surface area contributed by atoms with Crippen LogP contribution in [0.4, 0.5) is 0 Å². The van der Waals surface area contributed by atoms with Gasteiger partial charge >= 0.3 is 0 Å². The van der Waals surface area contributed by atoms with Crippen molar-refractivity contribution < 1.29 is 9.53 Å². The summed E-state index contributed by atoms with van der Waals surface area (Å²) in [5, 5.41) is 4.21. The van der Waals surface area contributed by atoms with Crippen LogP contribution in [-0.4, -0.2) is 31.1 Å². The van der Waals surface area contributed by atoms with Gasteiger partial charge in [-0.2, -0.15) is 0 Å². The Hall–Kier alpha value is -2.79. The van der Waals surface area contributed by atoms with Crippen LogP contribution in [0.2, 0.25) is 0 Å². The van der Waals surface area contributed by atoms with E-state index in [0.29, 0.717) is 19.5 Å². The molecule has 0 saturated carbocycles. The molecule has 0 aliphatic rings. The van der Waals surface area contributed by atoms with Crippen LogP contribution in [0.5, 0.6) is 5.75 Å². The molecule has 1 aromatic heterocycles. The monoisotopic (exact) mass is 351 g/mol. The first-order valence-corrected chi connectivity index (χ1v) is 8.88. The molecule has 3 aromatic rings. The minimum Gasteiger partial charge on any atom is -0.497 e. The second-order valence-corrected chi connectivity index (χ2v) is 6.36. The number of nitrogens with one attached hydrogen (secondary N) is 2. The van der Waals surface area contributed by atoms with E-state index in [9.17, 15) is 4.79 Å². The van der Waals surface area contributed by atoms with E-state index in [-0.39, 0.29) is 5.91 Å². The summed E-state index contributed by atoms with van der Waals surface area (Å²) in [4.78, 5) is 15.4. The van der Waals surface area contributed by atoms with Crippen LogP contribution < -0.4 is 15.8 Å². The number of methoxy groups -OCH3 is 1. The van der Waals surface area contributed by atoms with Crippen molar-refractivity contribution in [2.75, 3.05) is 20.2 Å². The van der Waals surface area contributed by atoms with Crippen molar-refractivity contribution in [1.82, 2.24) is 10.3 Å². The molecular formula is C21H25N3O2. The van der Waals surface area contributed by atoms with Crippen LogP contribution in [0, 0.1) is 0 Å². The van der Waals surface area contributed by atoms with Gasteiger partial charge in [0, 0.05) is 23.6 Å². The molecule has 5 nitrogen and oxygen atoms in total. The lowest BCUT2D eigenvalue weighted by molar-refractivity contribution is -0.120. The minimum atomic E-state index is 0.0294. The Morgan fingerprint density at radius 1 is 1.12 bits per heavy atom. The predicted octanol–water partition coefficient (Wildman–Crippen LogP) is 2.58. The van der Waals surface area contributed by atoms with Crippen LogP contribution >= 0.6 is 0 Å². The van der Waals surface area contributed by atoms with Gasteiger partial charge in [0.2, 0.25) is 5.91 Å². The van der Waals surface area contributed by atoms with Crippen LogP contribution in [0.3, 0.4) is 0 Å². The van der Waals surface area contributed by atoms with Gasteiger partial charge in [-0.3, -0.25) is 4.79 Å². The van der Waals surface area contributed by atoms with Gasteiger partial charge in [-0.15, -0.1) is 0 Å². The number of aromatic amines is 1. The Labute approximate surface area is 153 Å². The van der Waals surface area contributed by atoms with Gasteiger partial charge in [-0.05, 0) is 60.3 Å². The number of benzene rings is 2. The van der Waals surface area contributed by atoms with Gasteiger partial charge in [0.1, 0.15) is 5.75 Å². The van der Waals surface area contributed by atoms with Crippen molar-refractivity contribution >= 4 is 16.8 Å². The first kappa shape index (κ1) is 18.0. The van der Waals surface area contributed by atoms with E-state index < -0.39 is 0 Å². The molecule has 0 fully saturated rings. The molecule has 5 heteroatoms. The largest absolute Gasteiger partial charge is 0.497 e. The number of hydrogen-bond donors (Lipinski definition) is 3.